The highest BCUT2D eigenvalue weighted by Gasteiger charge is 2.37. The third-order valence-corrected chi connectivity index (χ3v) is 5.94. The number of hydrogen-bond acceptors (Lipinski definition) is 7. The smallest absolute Gasteiger partial charge is 0.311 e. The summed E-state index contributed by atoms with van der Waals surface area (Å²) in [6.45, 7) is 9.47. The third-order valence-electron chi connectivity index (χ3n) is 5.94. The molecule has 0 aromatic heterocycles. The molecule has 0 bridgehead atoms. The lowest BCUT2D eigenvalue weighted by molar-refractivity contribution is -0.159. The number of carbonyl (C=O) groups excluding carboxylic acids is 2. The van der Waals surface area contributed by atoms with Crippen molar-refractivity contribution in [1.82, 2.24) is 0 Å². The summed E-state index contributed by atoms with van der Waals surface area (Å²) in [5, 5.41) is 9.50. The fourth-order valence-electron chi connectivity index (χ4n) is 4.23. The first-order valence-electron chi connectivity index (χ1n) is 11.1. The van der Waals surface area contributed by atoms with Crippen LogP contribution in [0.15, 0.2) is 0 Å². The van der Waals surface area contributed by atoms with Gasteiger partial charge in [-0.2, -0.15) is 0 Å². The molecule has 8 atom stereocenters. The molecular formula is C22H38O7. The lowest BCUT2D eigenvalue weighted by Gasteiger charge is -2.24. The van der Waals surface area contributed by atoms with Gasteiger partial charge in [-0.25, -0.2) is 0 Å². The Kier molecular flexibility index (Phi) is 9.37. The zero-order valence-electron chi connectivity index (χ0n) is 18.5. The lowest BCUT2D eigenvalue weighted by atomic mass is 10.0. The highest BCUT2D eigenvalue weighted by molar-refractivity contribution is 5.73. The minimum atomic E-state index is -0.400. The predicted octanol–water partition coefficient (Wildman–Crippen LogP) is 3.01. The summed E-state index contributed by atoms with van der Waals surface area (Å²) >= 11 is 0. The van der Waals surface area contributed by atoms with Crippen LogP contribution >= 0.6 is 0 Å². The molecule has 2 heterocycles. The standard InChI is InChI=1S/C22H38O7/c1-6-26-21(24)15(4)19-10-8-18(29-19)12-14(3)27-22(25)16(5)20-9-7-17(28-20)11-13(2)23/h13-20,23H,6-12H2,1-5H3. The SMILES string of the molecule is CCOC(=O)C(C)C1CCC(CC(C)OC(=O)C(C)C2CCC(CC(C)O)O2)O1. The van der Waals surface area contributed by atoms with Crippen LogP contribution in [-0.2, 0) is 28.5 Å². The van der Waals surface area contributed by atoms with Crippen molar-refractivity contribution in [2.24, 2.45) is 11.8 Å². The quantitative estimate of drug-likeness (QED) is 0.550. The van der Waals surface area contributed by atoms with Gasteiger partial charge >= 0.3 is 11.9 Å². The molecule has 0 saturated carbocycles. The Morgan fingerprint density at radius 3 is 1.93 bits per heavy atom. The van der Waals surface area contributed by atoms with Crippen LogP contribution in [0.3, 0.4) is 0 Å². The summed E-state index contributed by atoms with van der Waals surface area (Å²) in [6, 6.07) is 0. The maximum absolute atomic E-state index is 12.5. The fourth-order valence-corrected chi connectivity index (χ4v) is 4.23. The van der Waals surface area contributed by atoms with Gasteiger partial charge in [0.2, 0.25) is 0 Å². The van der Waals surface area contributed by atoms with E-state index < -0.39 is 6.10 Å². The van der Waals surface area contributed by atoms with Crippen molar-refractivity contribution in [3.8, 4) is 0 Å². The zero-order chi connectivity index (χ0) is 21.6. The second kappa shape index (κ2) is 11.3. The lowest BCUT2D eigenvalue weighted by Crippen LogP contribution is -2.32. The van der Waals surface area contributed by atoms with Crippen molar-refractivity contribution in [2.45, 2.75) is 110 Å². The third kappa shape index (κ3) is 7.23. The molecule has 0 aromatic rings. The van der Waals surface area contributed by atoms with E-state index in [2.05, 4.69) is 0 Å². The normalized spacial score (nSPS) is 31.1. The van der Waals surface area contributed by atoms with Gasteiger partial charge in [0, 0.05) is 6.42 Å². The number of aliphatic hydroxyl groups is 1. The molecule has 29 heavy (non-hydrogen) atoms. The Balaban J connectivity index is 1.73. The first-order valence-corrected chi connectivity index (χ1v) is 11.1. The maximum atomic E-state index is 12.5. The molecule has 0 radical (unpaired) electrons. The van der Waals surface area contributed by atoms with Crippen LogP contribution in [0.5, 0.6) is 0 Å². The molecular weight excluding hydrogens is 376 g/mol. The van der Waals surface area contributed by atoms with E-state index in [1.807, 2.05) is 20.8 Å². The van der Waals surface area contributed by atoms with Gasteiger partial charge in [-0.1, -0.05) is 0 Å². The fraction of sp³-hybridized carbons (Fsp3) is 0.909. The molecule has 7 heteroatoms. The first kappa shape index (κ1) is 24.1. The molecule has 2 aliphatic rings. The number of carbonyl (C=O) groups is 2. The summed E-state index contributed by atoms with van der Waals surface area (Å²) in [5.41, 5.74) is 0. The Bertz CT molecular complexity index is 535. The van der Waals surface area contributed by atoms with Crippen molar-refractivity contribution in [3.05, 3.63) is 0 Å². The molecule has 0 aromatic carbocycles. The van der Waals surface area contributed by atoms with Gasteiger partial charge in [-0.3, -0.25) is 9.59 Å². The van der Waals surface area contributed by atoms with Crippen LogP contribution in [-0.4, -0.2) is 60.3 Å². The summed E-state index contributed by atoms with van der Waals surface area (Å²) < 4.78 is 22.7. The predicted molar refractivity (Wildman–Crippen MR) is 107 cm³/mol. The van der Waals surface area contributed by atoms with E-state index in [-0.39, 0.29) is 54.3 Å². The van der Waals surface area contributed by atoms with Gasteiger partial charge in [0.25, 0.3) is 0 Å². The Morgan fingerprint density at radius 1 is 0.897 bits per heavy atom. The number of ether oxygens (including phenoxy) is 4. The topological polar surface area (TPSA) is 91.3 Å². The molecule has 8 unspecified atom stereocenters. The van der Waals surface area contributed by atoms with E-state index in [0.717, 1.165) is 25.7 Å². The van der Waals surface area contributed by atoms with Crippen LogP contribution in [0.25, 0.3) is 0 Å². The highest BCUT2D eigenvalue weighted by atomic mass is 16.6. The summed E-state index contributed by atoms with van der Waals surface area (Å²) in [7, 11) is 0. The molecule has 1 N–H and O–H groups in total. The number of aliphatic hydroxyl groups excluding tert-OH is 1. The molecule has 168 valence electrons. The van der Waals surface area contributed by atoms with Gasteiger partial charge in [0.15, 0.2) is 0 Å². The Labute approximate surface area is 174 Å². The van der Waals surface area contributed by atoms with E-state index in [9.17, 15) is 14.7 Å². The molecule has 2 saturated heterocycles. The zero-order valence-corrected chi connectivity index (χ0v) is 18.5. The van der Waals surface area contributed by atoms with Gasteiger partial charge in [0.05, 0.1) is 49.0 Å². The molecule has 7 nitrogen and oxygen atoms in total. The van der Waals surface area contributed by atoms with Crippen LogP contribution in [0.4, 0.5) is 0 Å². The Hall–Kier alpha value is -1.18. The molecule has 2 aliphatic heterocycles. The minimum absolute atomic E-state index is 0.0119. The van der Waals surface area contributed by atoms with Gasteiger partial charge < -0.3 is 24.1 Å². The largest absolute Gasteiger partial charge is 0.466 e. The van der Waals surface area contributed by atoms with Crippen molar-refractivity contribution < 1.29 is 33.6 Å². The van der Waals surface area contributed by atoms with E-state index >= 15 is 0 Å². The average Bonchev–Trinajstić information content (AvgIpc) is 3.29. The minimum Gasteiger partial charge on any atom is -0.466 e. The van der Waals surface area contributed by atoms with Crippen molar-refractivity contribution in [3.63, 3.8) is 0 Å². The van der Waals surface area contributed by atoms with Gasteiger partial charge in [0.1, 0.15) is 6.10 Å². The maximum Gasteiger partial charge on any atom is 0.311 e. The number of rotatable bonds is 10. The Morgan fingerprint density at radius 2 is 1.41 bits per heavy atom. The van der Waals surface area contributed by atoms with E-state index in [1.54, 1.807) is 13.8 Å². The van der Waals surface area contributed by atoms with E-state index in [0.29, 0.717) is 19.4 Å². The highest BCUT2D eigenvalue weighted by Crippen LogP contribution is 2.31. The molecule has 2 rings (SSSR count). The van der Waals surface area contributed by atoms with Gasteiger partial charge in [-0.05, 0) is 66.7 Å². The second-order valence-corrected chi connectivity index (χ2v) is 8.65. The monoisotopic (exact) mass is 414 g/mol. The van der Waals surface area contributed by atoms with Crippen molar-refractivity contribution in [2.75, 3.05) is 6.61 Å². The molecule has 0 spiro atoms. The number of hydrogen-bond donors (Lipinski definition) is 1. The van der Waals surface area contributed by atoms with Crippen molar-refractivity contribution in [1.29, 1.82) is 0 Å². The molecule has 0 amide bonds. The van der Waals surface area contributed by atoms with Crippen LogP contribution in [0.1, 0.15) is 73.1 Å². The van der Waals surface area contributed by atoms with Gasteiger partial charge in [-0.15, -0.1) is 0 Å². The average molecular weight is 415 g/mol. The molecule has 0 aliphatic carbocycles. The summed E-state index contributed by atoms with van der Waals surface area (Å²) in [6.07, 6.45) is 3.56. The van der Waals surface area contributed by atoms with Crippen LogP contribution in [0, 0.1) is 11.8 Å². The second-order valence-electron chi connectivity index (χ2n) is 8.65. The van der Waals surface area contributed by atoms with Crippen molar-refractivity contribution >= 4 is 11.9 Å². The summed E-state index contributed by atoms with van der Waals surface area (Å²) in [4.78, 5) is 24.4. The first-order chi connectivity index (χ1) is 13.7. The molecule has 2 fully saturated rings. The van der Waals surface area contributed by atoms with Crippen LogP contribution < -0.4 is 0 Å². The van der Waals surface area contributed by atoms with E-state index in [1.165, 1.54) is 0 Å². The van der Waals surface area contributed by atoms with E-state index in [4.69, 9.17) is 18.9 Å². The van der Waals surface area contributed by atoms with Crippen LogP contribution in [0.2, 0.25) is 0 Å². The summed E-state index contributed by atoms with van der Waals surface area (Å²) in [5.74, 6) is -1.10. The number of esters is 2.